The second-order valence-corrected chi connectivity index (χ2v) is 5.36. The molecule has 0 unspecified atom stereocenters. The summed E-state index contributed by atoms with van der Waals surface area (Å²) >= 11 is 5.30. The van der Waals surface area contributed by atoms with Gasteiger partial charge in [0.1, 0.15) is 11.5 Å². The van der Waals surface area contributed by atoms with Gasteiger partial charge in [-0.25, -0.2) is 4.39 Å². The predicted octanol–water partition coefficient (Wildman–Crippen LogP) is 4.44. The van der Waals surface area contributed by atoms with Gasteiger partial charge in [-0.2, -0.15) is 0 Å². The fourth-order valence-electron chi connectivity index (χ4n) is 2.17. The molecule has 7 heteroatoms. The van der Waals surface area contributed by atoms with Crippen molar-refractivity contribution in [1.82, 2.24) is 0 Å². The van der Waals surface area contributed by atoms with E-state index in [1.807, 2.05) is 26.0 Å². The van der Waals surface area contributed by atoms with Crippen molar-refractivity contribution in [2.24, 2.45) is 0 Å². The van der Waals surface area contributed by atoms with Crippen molar-refractivity contribution in [1.29, 1.82) is 0 Å². The summed E-state index contributed by atoms with van der Waals surface area (Å²) in [5, 5.41) is 6.29. The molecule has 0 bridgehead atoms. The minimum absolute atomic E-state index is 0.174. The van der Waals surface area contributed by atoms with Crippen molar-refractivity contribution in [2.75, 3.05) is 31.0 Å². The number of ether oxygens (including phenoxy) is 3. The highest BCUT2D eigenvalue weighted by Crippen LogP contribution is 2.30. The lowest BCUT2D eigenvalue weighted by Crippen LogP contribution is -2.19. The minimum Gasteiger partial charge on any atom is -0.494 e. The predicted molar refractivity (Wildman–Crippen MR) is 102 cm³/mol. The third-order valence-electron chi connectivity index (χ3n) is 3.22. The molecular weight excluding hydrogens is 343 g/mol. The summed E-state index contributed by atoms with van der Waals surface area (Å²) in [4.78, 5) is 0. The molecule has 5 nitrogen and oxygen atoms in total. The molecule has 2 N–H and O–H groups in total. The quantitative estimate of drug-likeness (QED) is 0.709. The highest BCUT2D eigenvalue weighted by atomic mass is 32.1. The van der Waals surface area contributed by atoms with Crippen LogP contribution in [-0.4, -0.2) is 25.4 Å². The second-order valence-electron chi connectivity index (χ2n) is 4.95. The van der Waals surface area contributed by atoms with Gasteiger partial charge >= 0.3 is 0 Å². The van der Waals surface area contributed by atoms with Crippen LogP contribution in [-0.2, 0) is 0 Å². The molecular formula is C18H21FN2O3S. The maximum absolute atomic E-state index is 13.8. The normalized spacial score (nSPS) is 10.1. The number of methoxy groups -OCH3 is 1. The number of hydrogen-bond acceptors (Lipinski definition) is 4. The molecule has 0 atom stereocenters. The Hall–Kier alpha value is -2.54. The molecule has 0 aromatic heterocycles. The third kappa shape index (κ3) is 5.22. The van der Waals surface area contributed by atoms with Gasteiger partial charge in [-0.15, -0.1) is 0 Å². The van der Waals surface area contributed by atoms with Gasteiger partial charge in [-0.3, -0.25) is 0 Å². The average molecular weight is 364 g/mol. The maximum atomic E-state index is 13.8. The lowest BCUT2D eigenvalue weighted by Gasteiger charge is -2.16. The number of hydrogen-bond donors (Lipinski definition) is 2. The molecule has 0 saturated heterocycles. The van der Waals surface area contributed by atoms with E-state index in [-0.39, 0.29) is 5.75 Å². The van der Waals surface area contributed by atoms with Gasteiger partial charge in [0.05, 0.1) is 26.0 Å². The lowest BCUT2D eigenvalue weighted by atomic mass is 10.2. The summed E-state index contributed by atoms with van der Waals surface area (Å²) in [6.45, 7) is 4.89. The Bertz CT molecular complexity index is 740. The van der Waals surface area contributed by atoms with E-state index >= 15 is 0 Å². The Morgan fingerprint density at radius 1 is 1.00 bits per heavy atom. The zero-order chi connectivity index (χ0) is 18.2. The number of nitrogens with one attached hydrogen (secondary N) is 2. The van der Waals surface area contributed by atoms with Gasteiger partial charge in [0, 0.05) is 17.8 Å². The zero-order valence-electron chi connectivity index (χ0n) is 14.4. The van der Waals surface area contributed by atoms with Crippen molar-refractivity contribution in [2.45, 2.75) is 13.8 Å². The van der Waals surface area contributed by atoms with Crippen molar-refractivity contribution in [3.63, 3.8) is 0 Å². The molecule has 0 heterocycles. The van der Waals surface area contributed by atoms with Crippen LogP contribution < -0.4 is 24.8 Å². The van der Waals surface area contributed by atoms with Crippen LogP contribution in [0.1, 0.15) is 13.8 Å². The molecule has 0 aliphatic rings. The van der Waals surface area contributed by atoms with Gasteiger partial charge in [-0.05, 0) is 50.3 Å². The van der Waals surface area contributed by atoms with Crippen LogP contribution in [0.25, 0.3) is 0 Å². The van der Waals surface area contributed by atoms with Crippen LogP contribution in [0.15, 0.2) is 36.4 Å². The fourth-order valence-corrected chi connectivity index (χ4v) is 2.40. The summed E-state index contributed by atoms with van der Waals surface area (Å²) in [5.74, 6) is 1.05. The van der Waals surface area contributed by atoms with E-state index in [2.05, 4.69) is 10.6 Å². The molecule has 0 aliphatic heterocycles. The average Bonchev–Trinajstić information content (AvgIpc) is 2.58. The van der Waals surface area contributed by atoms with Crippen LogP contribution in [0.3, 0.4) is 0 Å². The first-order chi connectivity index (χ1) is 12.1. The Balaban J connectivity index is 2.13. The van der Waals surface area contributed by atoms with Crippen LogP contribution >= 0.6 is 12.2 Å². The minimum atomic E-state index is -0.469. The van der Waals surface area contributed by atoms with Gasteiger partial charge in [-0.1, -0.05) is 0 Å². The summed E-state index contributed by atoms with van der Waals surface area (Å²) in [6, 6.07) is 9.96. The van der Waals surface area contributed by atoms with E-state index in [9.17, 15) is 4.39 Å². The van der Waals surface area contributed by atoms with Crippen molar-refractivity contribution in [3.05, 3.63) is 42.2 Å². The standard InChI is InChI=1S/C18H21FN2O3S/c1-4-23-13-7-9-17(24-5-2)15(11-13)21-18(25)20-12-6-8-16(22-3)14(19)10-12/h6-11H,4-5H2,1-3H3,(H2,20,21,25). The van der Waals surface area contributed by atoms with Crippen LogP contribution in [0.5, 0.6) is 17.2 Å². The van der Waals surface area contributed by atoms with E-state index in [1.54, 1.807) is 12.1 Å². The molecule has 25 heavy (non-hydrogen) atoms. The molecule has 0 fully saturated rings. The SMILES string of the molecule is CCOc1ccc(OCC)c(NC(=S)Nc2ccc(OC)c(F)c2)c1. The summed E-state index contributed by atoms with van der Waals surface area (Å²) < 4.78 is 29.7. The molecule has 0 radical (unpaired) electrons. The highest BCUT2D eigenvalue weighted by Gasteiger charge is 2.09. The monoisotopic (exact) mass is 364 g/mol. The second kappa shape index (κ2) is 9.08. The van der Waals surface area contributed by atoms with E-state index in [0.29, 0.717) is 41.2 Å². The number of benzene rings is 2. The van der Waals surface area contributed by atoms with Crippen molar-refractivity contribution < 1.29 is 18.6 Å². The van der Waals surface area contributed by atoms with Gasteiger partial charge < -0.3 is 24.8 Å². The number of thiocarbonyl (C=S) groups is 1. The van der Waals surface area contributed by atoms with E-state index in [4.69, 9.17) is 26.4 Å². The number of halogens is 1. The highest BCUT2D eigenvalue weighted by molar-refractivity contribution is 7.80. The maximum Gasteiger partial charge on any atom is 0.175 e. The first-order valence-corrected chi connectivity index (χ1v) is 8.29. The summed E-state index contributed by atoms with van der Waals surface area (Å²) in [7, 11) is 1.42. The smallest absolute Gasteiger partial charge is 0.175 e. The molecule has 2 rings (SSSR count). The Kier molecular flexibility index (Phi) is 6.82. The van der Waals surface area contributed by atoms with Gasteiger partial charge in [0.25, 0.3) is 0 Å². The first kappa shape index (κ1) is 18.8. The van der Waals surface area contributed by atoms with Crippen LogP contribution in [0, 0.1) is 5.82 Å². The number of anilines is 2. The fraction of sp³-hybridized carbons (Fsp3) is 0.278. The van der Waals surface area contributed by atoms with E-state index in [1.165, 1.54) is 19.2 Å². The molecule has 0 saturated carbocycles. The largest absolute Gasteiger partial charge is 0.494 e. The molecule has 134 valence electrons. The number of rotatable bonds is 7. The summed E-state index contributed by atoms with van der Waals surface area (Å²) in [5.41, 5.74) is 1.18. The van der Waals surface area contributed by atoms with Gasteiger partial charge in [0.15, 0.2) is 16.7 Å². The Morgan fingerprint density at radius 3 is 2.36 bits per heavy atom. The molecule has 0 amide bonds. The molecule has 0 aliphatic carbocycles. The zero-order valence-corrected chi connectivity index (χ0v) is 15.2. The lowest BCUT2D eigenvalue weighted by molar-refractivity contribution is 0.332. The summed E-state index contributed by atoms with van der Waals surface area (Å²) in [6.07, 6.45) is 0. The van der Waals surface area contributed by atoms with Crippen LogP contribution in [0.4, 0.5) is 15.8 Å². The van der Waals surface area contributed by atoms with E-state index < -0.39 is 5.82 Å². The molecule has 0 spiro atoms. The van der Waals surface area contributed by atoms with Gasteiger partial charge in [0.2, 0.25) is 0 Å². The van der Waals surface area contributed by atoms with E-state index in [0.717, 1.165) is 0 Å². The van der Waals surface area contributed by atoms with Crippen molar-refractivity contribution >= 4 is 28.7 Å². The molecule has 2 aromatic rings. The topological polar surface area (TPSA) is 51.8 Å². The van der Waals surface area contributed by atoms with Crippen molar-refractivity contribution in [3.8, 4) is 17.2 Å². The Morgan fingerprint density at radius 2 is 1.72 bits per heavy atom. The Labute approximate surface area is 152 Å². The molecule has 2 aromatic carbocycles. The third-order valence-corrected chi connectivity index (χ3v) is 3.42. The van der Waals surface area contributed by atoms with Crippen LogP contribution in [0.2, 0.25) is 0 Å². The first-order valence-electron chi connectivity index (χ1n) is 7.88.